The number of nitrogens with zero attached hydrogens (tertiary/aromatic N) is 2. The minimum atomic E-state index is -1.01. The molecule has 0 aliphatic carbocycles. The predicted octanol–water partition coefficient (Wildman–Crippen LogP) is 4.58. The highest BCUT2D eigenvalue weighted by atomic mass is 32.1. The van der Waals surface area contributed by atoms with Crippen molar-refractivity contribution in [3.8, 4) is 5.75 Å². The van der Waals surface area contributed by atoms with Crippen LogP contribution in [0.15, 0.2) is 94.5 Å². The second-order valence-electron chi connectivity index (χ2n) is 11.4. The number of thiazole rings is 1. The molecular weight excluding hydrogens is 590 g/mol. The number of hydrogen-bond acceptors (Lipinski definition) is 9. The molecule has 0 unspecified atom stereocenters. The number of aliphatic hydroxyl groups is 1. The van der Waals surface area contributed by atoms with Gasteiger partial charge in [-0.1, -0.05) is 91.1 Å². The van der Waals surface area contributed by atoms with Crippen molar-refractivity contribution in [3.05, 3.63) is 122 Å². The summed E-state index contributed by atoms with van der Waals surface area (Å²) in [6.45, 7) is 3.74. The Bertz CT molecular complexity index is 1830. The maximum absolute atomic E-state index is 13.6. The van der Waals surface area contributed by atoms with Gasteiger partial charge in [-0.15, -0.1) is 0 Å². The summed E-state index contributed by atoms with van der Waals surface area (Å²) in [5, 5.41) is 14.2. The molecule has 0 bridgehead atoms. The van der Waals surface area contributed by atoms with Crippen molar-refractivity contribution in [2.24, 2.45) is 11.7 Å². The Labute approximate surface area is 264 Å². The molecule has 0 amide bonds. The van der Waals surface area contributed by atoms with E-state index in [-0.39, 0.29) is 33.1 Å². The lowest BCUT2D eigenvalue weighted by atomic mass is 9.77. The van der Waals surface area contributed by atoms with E-state index in [1.807, 2.05) is 98.8 Å². The van der Waals surface area contributed by atoms with Crippen molar-refractivity contribution in [1.29, 1.82) is 0 Å². The lowest BCUT2D eigenvalue weighted by molar-refractivity contribution is -0.0664. The fourth-order valence-corrected chi connectivity index (χ4v) is 7.12. The fraction of sp³-hybridized carbons (Fsp3) is 0.324. The summed E-state index contributed by atoms with van der Waals surface area (Å²) in [5.41, 5.74) is 7.79. The Kier molecular flexibility index (Phi) is 8.61. The molecule has 45 heavy (non-hydrogen) atoms. The molecule has 1 aliphatic heterocycles. The van der Waals surface area contributed by atoms with Gasteiger partial charge >= 0.3 is 4.87 Å². The molecule has 0 saturated carbocycles. The summed E-state index contributed by atoms with van der Waals surface area (Å²) >= 11 is 0.817. The maximum Gasteiger partial charge on any atom is 0.311 e. The molecule has 2 aromatic heterocycles. The molecule has 0 radical (unpaired) electrons. The van der Waals surface area contributed by atoms with E-state index in [0.29, 0.717) is 18.6 Å². The van der Waals surface area contributed by atoms with E-state index in [1.54, 1.807) is 7.11 Å². The van der Waals surface area contributed by atoms with Gasteiger partial charge in [0.05, 0.1) is 19.3 Å². The van der Waals surface area contributed by atoms with Gasteiger partial charge in [0.25, 0.3) is 5.56 Å². The maximum atomic E-state index is 13.6. The first kappa shape index (κ1) is 30.7. The van der Waals surface area contributed by atoms with Crippen molar-refractivity contribution in [1.82, 2.24) is 14.5 Å². The van der Waals surface area contributed by atoms with E-state index in [0.717, 1.165) is 28.0 Å². The van der Waals surface area contributed by atoms with Crippen molar-refractivity contribution in [2.45, 2.75) is 56.7 Å². The molecule has 5 atom stereocenters. The molecule has 0 spiro atoms. The van der Waals surface area contributed by atoms with Gasteiger partial charge in [-0.3, -0.25) is 19.1 Å². The molecule has 11 heteroatoms. The van der Waals surface area contributed by atoms with Crippen LogP contribution in [0.2, 0.25) is 0 Å². The van der Waals surface area contributed by atoms with E-state index < -0.39 is 29.5 Å². The second kappa shape index (κ2) is 12.6. The molecule has 3 aromatic carbocycles. The van der Waals surface area contributed by atoms with Gasteiger partial charge in [0.2, 0.25) is 5.95 Å². The standard InChI is InChI=1S/C34H37N5O5S/c1-4-26(40)27-19-25(20(2)35)31(44-27)39-29-28(45-33(39)42)30(41)37-32(36-29)38-34(21-11-7-5-8-12-21,22-13-9-6-10-14-22)23-15-17-24(43-3)18-16-23/h5-18,20,25-27,31,40H,4,19,35H2,1-3H3,(H2,36,37,38,41)/t20-,25+,26+,27+,31-/m1/s1. The number of methoxy groups -OCH3 is 1. The van der Waals surface area contributed by atoms with Crippen LogP contribution in [0.4, 0.5) is 5.95 Å². The van der Waals surface area contributed by atoms with Crippen LogP contribution in [0.1, 0.15) is 49.6 Å². The Hall–Kier alpha value is -4.29. The SMILES string of the molecule is CC[C@H](O)[C@@H]1C[C@@H]([C@@H](C)N)[C@H](n2c(=O)sc3c(=O)[nH]c(NC(c4ccccc4)(c4ccccc4)c4ccc(OC)cc4)nc32)O1. The third kappa shape index (κ3) is 5.57. The smallest absolute Gasteiger partial charge is 0.311 e. The first-order valence-electron chi connectivity index (χ1n) is 15.0. The number of anilines is 1. The number of fused-ring (bicyclic) bond motifs is 1. The van der Waals surface area contributed by atoms with Crippen molar-refractivity contribution in [3.63, 3.8) is 0 Å². The average Bonchev–Trinajstić information content (AvgIpc) is 3.65. The lowest BCUT2D eigenvalue weighted by Gasteiger charge is -2.37. The number of ether oxygens (including phenoxy) is 2. The Morgan fingerprint density at radius 3 is 2.22 bits per heavy atom. The molecule has 3 heterocycles. The predicted molar refractivity (Wildman–Crippen MR) is 176 cm³/mol. The minimum Gasteiger partial charge on any atom is -0.497 e. The summed E-state index contributed by atoms with van der Waals surface area (Å²) in [6, 6.07) is 27.2. The molecule has 1 aliphatic rings. The molecule has 1 saturated heterocycles. The normalized spacial score (nSPS) is 19.8. The lowest BCUT2D eigenvalue weighted by Crippen LogP contribution is -2.39. The van der Waals surface area contributed by atoms with Gasteiger partial charge in [0.15, 0.2) is 5.65 Å². The first-order valence-corrected chi connectivity index (χ1v) is 15.9. The van der Waals surface area contributed by atoms with Crippen LogP contribution in [0.5, 0.6) is 5.75 Å². The van der Waals surface area contributed by atoms with Crippen molar-refractivity contribution in [2.75, 3.05) is 12.4 Å². The second-order valence-corrected chi connectivity index (χ2v) is 12.4. The first-order chi connectivity index (χ1) is 21.8. The van der Waals surface area contributed by atoms with Crippen LogP contribution < -0.4 is 26.2 Å². The summed E-state index contributed by atoms with van der Waals surface area (Å²) in [5.74, 6) is 0.607. The monoisotopic (exact) mass is 627 g/mol. The molecule has 6 rings (SSSR count). The highest BCUT2D eigenvalue weighted by molar-refractivity contribution is 7.16. The van der Waals surface area contributed by atoms with Crippen LogP contribution in [-0.4, -0.2) is 45.0 Å². The van der Waals surface area contributed by atoms with Gasteiger partial charge in [0, 0.05) is 12.0 Å². The number of aromatic amines is 1. The van der Waals surface area contributed by atoms with Gasteiger partial charge in [-0.25, -0.2) is 0 Å². The van der Waals surface area contributed by atoms with E-state index in [1.165, 1.54) is 4.57 Å². The summed E-state index contributed by atoms with van der Waals surface area (Å²) < 4.78 is 13.3. The van der Waals surface area contributed by atoms with Crippen molar-refractivity contribution >= 4 is 27.6 Å². The van der Waals surface area contributed by atoms with Crippen LogP contribution in [-0.2, 0) is 10.3 Å². The van der Waals surface area contributed by atoms with Crippen LogP contribution in [0, 0.1) is 5.92 Å². The average molecular weight is 628 g/mol. The van der Waals surface area contributed by atoms with Crippen LogP contribution in [0.25, 0.3) is 10.3 Å². The Morgan fingerprint density at radius 1 is 1.07 bits per heavy atom. The highest BCUT2D eigenvalue weighted by Gasteiger charge is 2.43. The van der Waals surface area contributed by atoms with E-state index in [9.17, 15) is 14.7 Å². The number of hydrogen-bond donors (Lipinski definition) is 4. The zero-order valence-corrected chi connectivity index (χ0v) is 26.2. The Morgan fingerprint density at radius 2 is 1.67 bits per heavy atom. The number of nitrogens with one attached hydrogen (secondary N) is 2. The largest absolute Gasteiger partial charge is 0.497 e. The molecule has 5 aromatic rings. The molecular formula is C34H37N5O5S. The van der Waals surface area contributed by atoms with Crippen molar-refractivity contribution < 1.29 is 14.6 Å². The van der Waals surface area contributed by atoms with E-state index in [4.69, 9.17) is 20.2 Å². The van der Waals surface area contributed by atoms with Gasteiger partial charge in [-0.05, 0) is 48.6 Å². The quantitative estimate of drug-likeness (QED) is 0.165. The number of aliphatic hydroxyl groups excluding tert-OH is 1. The molecule has 1 fully saturated rings. The third-order valence-corrected chi connectivity index (χ3v) is 9.62. The number of aromatic nitrogens is 3. The summed E-state index contributed by atoms with van der Waals surface area (Å²) in [6.07, 6.45) is -0.989. The highest BCUT2D eigenvalue weighted by Crippen LogP contribution is 2.41. The van der Waals surface area contributed by atoms with Gasteiger partial charge < -0.3 is 25.6 Å². The van der Waals surface area contributed by atoms with Gasteiger partial charge in [-0.2, -0.15) is 4.98 Å². The molecule has 5 N–H and O–H groups in total. The number of H-pyrrole nitrogens is 1. The zero-order chi connectivity index (χ0) is 31.7. The third-order valence-electron chi connectivity index (χ3n) is 8.68. The minimum absolute atomic E-state index is 0.170. The Balaban J connectivity index is 1.55. The van der Waals surface area contributed by atoms with Gasteiger partial charge in [0.1, 0.15) is 22.2 Å². The number of rotatable bonds is 10. The topological polar surface area (TPSA) is 144 Å². The molecule has 234 valence electrons. The summed E-state index contributed by atoms with van der Waals surface area (Å²) in [7, 11) is 1.62. The van der Waals surface area contributed by atoms with E-state index >= 15 is 0 Å². The molecule has 10 nitrogen and oxygen atoms in total. The number of benzene rings is 3. The fourth-order valence-electron chi connectivity index (χ4n) is 6.28. The van der Waals surface area contributed by atoms with E-state index in [2.05, 4.69) is 10.3 Å². The number of nitrogens with two attached hydrogens (primary N) is 1. The zero-order valence-electron chi connectivity index (χ0n) is 25.3. The summed E-state index contributed by atoms with van der Waals surface area (Å²) in [4.78, 5) is 34.5. The van der Waals surface area contributed by atoms with Crippen LogP contribution >= 0.6 is 11.3 Å². The van der Waals surface area contributed by atoms with Crippen LogP contribution in [0.3, 0.4) is 0 Å².